The molecule has 152 valence electrons. The van der Waals surface area contributed by atoms with Gasteiger partial charge in [0.25, 0.3) is 0 Å². The molecule has 2 aromatic rings. The summed E-state index contributed by atoms with van der Waals surface area (Å²) in [4.78, 5) is 24.2. The number of carbonyl (C=O) groups is 2. The van der Waals surface area contributed by atoms with Gasteiger partial charge in [0, 0.05) is 6.42 Å². The average Bonchev–Trinajstić information content (AvgIpc) is 3.30. The fourth-order valence-electron chi connectivity index (χ4n) is 2.45. The highest BCUT2D eigenvalue weighted by molar-refractivity contribution is 8.15. The minimum Gasteiger partial charge on any atom is -0.463 e. The SMILES string of the molecule is C/C(=N/N=C1\NC(=O)[C@@H](CC(=O)Nc2ccccc2C(F)(F)F)S1)c1ccco1. The van der Waals surface area contributed by atoms with Crippen LogP contribution in [0, 0.1) is 0 Å². The van der Waals surface area contributed by atoms with Crippen LogP contribution in [0.3, 0.4) is 0 Å². The first-order valence-electron chi connectivity index (χ1n) is 8.34. The Hall–Kier alpha value is -3.08. The number of hydrogen-bond acceptors (Lipinski definition) is 6. The highest BCUT2D eigenvalue weighted by Crippen LogP contribution is 2.34. The van der Waals surface area contributed by atoms with Crippen LogP contribution < -0.4 is 10.6 Å². The number of hydrogen-bond donors (Lipinski definition) is 2. The minimum atomic E-state index is -4.60. The highest BCUT2D eigenvalue weighted by atomic mass is 32.2. The summed E-state index contributed by atoms with van der Waals surface area (Å²) in [5.41, 5.74) is -0.829. The van der Waals surface area contributed by atoms with Gasteiger partial charge in [-0.25, -0.2) is 0 Å². The lowest BCUT2D eigenvalue weighted by Gasteiger charge is -2.14. The zero-order valence-corrected chi connectivity index (χ0v) is 15.8. The molecule has 1 aliphatic rings. The van der Waals surface area contributed by atoms with Crippen molar-refractivity contribution >= 4 is 40.1 Å². The predicted molar refractivity (Wildman–Crippen MR) is 103 cm³/mol. The number of furan rings is 1. The Labute approximate surface area is 167 Å². The number of thioether (sulfide) groups is 1. The van der Waals surface area contributed by atoms with Gasteiger partial charge in [0.2, 0.25) is 11.8 Å². The summed E-state index contributed by atoms with van der Waals surface area (Å²) in [6.07, 6.45) is -3.44. The molecule has 2 amide bonds. The summed E-state index contributed by atoms with van der Waals surface area (Å²) in [5, 5.41) is 11.9. The van der Waals surface area contributed by atoms with Gasteiger partial charge in [-0.2, -0.15) is 13.2 Å². The van der Waals surface area contributed by atoms with E-state index in [9.17, 15) is 22.8 Å². The Morgan fingerprint density at radius 1 is 1.28 bits per heavy atom. The average molecular weight is 424 g/mol. The maximum Gasteiger partial charge on any atom is 0.418 e. The van der Waals surface area contributed by atoms with Crippen molar-refractivity contribution < 1.29 is 27.2 Å². The lowest BCUT2D eigenvalue weighted by molar-refractivity contribution is -0.137. The molecule has 2 N–H and O–H groups in total. The molecule has 0 radical (unpaired) electrons. The number of nitrogens with one attached hydrogen (secondary N) is 2. The van der Waals surface area contributed by atoms with Gasteiger partial charge in [-0.05, 0) is 31.2 Å². The van der Waals surface area contributed by atoms with E-state index in [1.165, 1.54) is 18.4 Å². The Bertz CT molecular complexity index is 971. The lowest BCUT2D eigenvalue weighted by atomic mass is 10.1. The molecule has 29 heavy (non-hydrogen) atoms. The molecular weight excluding hydrogens is 409 g/mol. The van der Waals surface area contributed by atoms with Crippen molar-refractivity contribution in [3.8, 4) is 0 Å². The number of alkyl halides is 3. The number of amidine groups is 1. The topological polar surface area (TPSA) is 96.1 Å². The fourth-order valence-corrected chi connectivity index (χ4v) is 3.37. The number of nitrogens with zero attached hydrogens (tertiary/aromatic N) is 2. The van der Waals surface area contributed by atoms with Crippen LogP contribution in [0.15, 0.2) is 57.3 Å². The Morgan fingerprint density at radius 3 is 2.72 bits per heavy atom. The molecule has 11 heteroatoms. The van der Waals surface area contributed by atoms with E-state index < -0.39 is 28.8 Å². The quantitative estimate of drug-likeness (QED) is 0.566. The van der Waals surface area contributed by atoms with Crippen LogP contribution in [0.2, 0.25) is 0 Å². The van der Waals surface area contributed by atoms with Crippen LogP contribution in [0.25, 0.3) is 0 Å². The van der Waals surface area contributed by atoms with Gasteiger partial charge in [0.1, 0.15) is 16.7 Å². The van der Waals surface area contributed by atoms with Crippen molar-refractivity contribution in [3.63, 3.8) is 0 Å². The van der Waals surface area contributed by atoms with Crippen molar-refractivity contribution in [2.75, 3.05) is 5.32 Å². The molecule has 3 rings (SSSR count). The van der Waals surface area contributed by atoms with E-state index in [0.717, 1.165) is 23.9 Å². The maximum absolute atomic E-state index is 13.0. The number of halogens is 3. The van der Waals surface area contributed by atoms with Crippen molar-refractivity contribution in [2.45, 2.75) is 24.8 Å². The van der Waals surface area contributed by atoms with Crippen molar-refractivity contribution in [1.82, 2.24) is 5.32 Å². The van der Waals surface area contributed by atoms with Crippen molar-refractivity contribution in [2.24, 2.45) is 10.2 Å². The van der Waals surface area contributed by atoms with Crippen LogP contribution in [-0.4, -0.2) is 27.9 Å². The Balaban J connectivity index is 1.63. The smallest absolute Gasteiger partial charge is 0.418 e. The first-order valence-corrected chi connectivity index (χ1v) is 9.21. The third-order valence-corrected chi connectivity index (χ3v) is 4.89. The van der Waals surface area contributed by atoms with Crippen LogP contribution in [0.4, 0.5) is 18.9 Å². The third kappa shape index (κ3) is 5.25. The molecule has 1 aliphatic heterocycles. The standard InChI is InChI=1S/C18H15F3N4O3S/c1-10(13-7-4-8-28-13)24-25-17-23-16(27)14(29-17)9-15(26)22-12-6-3-2-5-11(12)18(19,20)21/h2-8,14H,9H2,1H3,(H,22,26)(H,23,25,27)/b24-10-/t14-/m1/s1. The van der Waals surface area contributed by atoms with Crippen LogP contribution in [0.1, 0.15) is 24.7 Å². The highest BCUT2D eigenvalue weighted by Gasteiger charge is 2.35. The molecular formula is C18H15F3N4O3S. The van der Waals surface area contributed by atoms with E-state index in [-0.39, 0.29) is 17.3 Å². The first-order chi connectivity index (χ1) is 13.7. The predicted octanol–water partition coefficient (Wildman–Crippen LogP) is 3.64. The molecule has 0 bridgehead atoms. The van der Waals surface area contributed by atoms with E-state index >= 15 is 0 Å². The second kappa shape index (κ2) is 8.52. The second-order valence-corrected chi connectivity index (χ2v) is 7.15. The zero-order valence-electron chi connectivity index (χ0n) is 15.0. The molecule has 1 aromatic carbocycles. The van der Waals surface area contributed by atoms with Crippen molar-refractivity contribution in [1.29, 1.82) is 0 Å². The lowest BCUT2D eigenvalue weighted by Crippen LogP contribution is -2.28. The molecule has 7 nitrogen and oxygen atoms in total. The molecule has 0 unspecified atom stereocenters. The number of para-hydroxylation sites is 1. The van der Waals surface area contributed by atoms with E-state index in [1.807, 2.05) is 0 Å². The summed E-state index contributed by atoms with van der Waals surface area (Å²) in [6.45, 7) is 1.67. The molecule has 1 atom stereocenters. The summed E-state index contributed by atoms with van der Waals surface area (Å²) in [5.74, 6) is -0.673. The Morgan fingerprint density at radius 2 is 2.03 bits per heavy atom. The first kappa shape index (κ1) is 20.6. The van der Waals surface area contributed by atoms with E-state index in [1.54, 1.807) is 19.1 Å². The van der Waals surface area contributed by atoms with E-state index in [0.29, 0.717) is 11.5 Å². The largest absolute Gasteiger partial charge is 0.463 e. The fraction of sp³-hybridized carbons (Fsp3) is 0.222. The van der Waals surface area contributed by atoms with E-state index in [4.69, 9.17) is 4.42 Å². The number of rotatable bonds is 5. The number of amides is 2. The Kier molecular flexibility index (Phi) is 6.06. The maximum atomic E-state index is 13.0. The second-order valence-electron chi connectivity index (χ2n) is 5.96. The number of carbonyl (C=O) groups excluding carboxylic acids is 2. The third-order valence-electron chi connectivity index (χ3n) is 3.82. The summed E-state index contributed by atoms with van der Waals surface area (Å²) >= 11 is 0.975. The molecule has 1 fully saturated rings. The van der Waals surface area contributed by atoms with Crippen LogP contribution in [-0.2, 0) is 15.8 Å². The van der Waals surface area contributed by atoms with Crippen LogP contribution in [0.5, 0.6) is 0 Å². The van der Waals surface area contributed by atoms with Gasteiger partial charge in [-0.1, -0.05) is 23.9 Å². The van der Waals surface area contributed by atoms with Gasteiger partial charge in [0.15, 0.2) is 5.17 Å². The van der Waals surface area contributed by atoms with Gasteiger partial charge < -0.3 is 15.1 Å². The van der Waals surface area contributed by atoms with Gasteiger partial charge in [-0.3, -0.25) is 9.59 Å². The summed E-state index contributed by atoms with van der Waals surface area (Å²) < 4.78 is 44.2. The van der Waals surface area contributed by atoms with Gasteiger partial charge in [-0.15, -0.1) is 10.2 Å². The molecule has 0 spiro atoms. The van der Waals surface area contributed by atoms with E-state index in [2.05, 4.69) is 20.8 Å². The minimum absolute atomic E-state index is 0.189. The monoisotopic (exact) mass is 424 g/mol. The summed E-state index contributed by atoms with van der Waals surface area (Å²) in [6, 6.07) is 8.03. The molecule has 0 saturated carbocycles. The molecule has 2 heterocycles. The number of benzene rings is 1. The molecule has 1 aromatic heterocycles. The molecule has 0 aliphatic carbocycles. The normalized spacial score (nSPS) is 18.8. The molecule has 1 saturated heterocycles. The van der Waals surface area contributed by atoms with Gasteiger partial charge >= 0.3 is 6.18 Å². The van der Waals surface area contributed by atoms with Gasteiger partial charge in [0.05, 0.1) is 17.5 Å². The van der Waals surface area contributed by atoms with Crippen LogP contribution >= 0.6 is 11.8 Å². The zero-order chi connectivity index (χ0) is 21.0. The summed E-state index contributed by atoms with van der Waals surface area (Å²) in [7, 11) is 0. The van der Waals surface area contributed by atoms with Crippen molar-refractivity contribution in [3.05, 3.63) is 54.0 Å². The number of anilines is 1.